The van der Waals surface area contributed by atoms with Gasteiger partial charge >= 0.3 is 0 Å². The number of hydrogen-bond donors (Lipinski definition) is 0. The first-order valence-electron chi connectivity index (χ1n) is 14.2. The Balaban J connectivity index is 1.75. The lowest BCUT2D eigenvalue weighted by atomic mass is 9.93. The molecule has 5 rings (SSSR count). The number of pyridine rings is 1. The summed E-state index contributed by atoms with van der Waals surface area (Å²) in [5.41, 5.74) is 5.02. The van der Waals surface area contributed by atoms with Crippen LogP contribution in [0.25, 0.3) is 27.8 Å². The number of hydrogen-bond acceptors (Lipinski definition) is 1. The van der Waals surface area contributed by atoms with Gasteiger partial charge in [-0.05, 0) is 67.3 Å². The summed E-state index contributed by atoms with van der Waals surface area (Å²) in [4.78, 5) is 4.31. The van der Waals surface area contributed by atoms with Gasteiger partial charge in [-0.2, -0.15) is 4.57 Å². The van der Waals surface area contributed by atoms with E-state index in [0.717, 1.165) is 27.7 Å². The molecule has 3 nitrogen and oxygen atoms in total. The number of nitrogens with zero attached hydrogens (tertiary/aromatic N) is 3. The van der Waals surface area contributed by atoms with Gasteiger partial charge in [-0.25, -0.2) is 4.98 Å². The number of aryl methyl sites for hydroxylation is 2. The minimum Gasteiger partial charge on any atom is -0.303 e. The molecule has 152 valence electrons. The smallest absolute Gasteiger partial charge is 0.213 e. The Morgan fingerprint density at radius 2 is 2.07 bits per heavy atom. The predicted octanol–water partition coefficient (Wildman–Crippen LogP) is 5.54. The van der Waals surface area contributed by atoms with Crippen LogP contribution in [-0.2, 0) is 19.8 Å². The Morgan fingerprint density at radius 3 is 2.83 bits per heavy atom. The summed E-state index contributed by atoms with van der Waals surface area (Å²) in [6.07, 6.45) is 0.251. The highest BCUT2D eigenvalue weighted by Crippen LogP contribution is 2.37. The van der Waals surface area contributed by atoms with Crippen LogP contribution in [0.4, 0.5) is 0 Å². The van der Waals surface area contributed by atoms with Gasteiger partial charge < -0.3 is 4.57 Å². The van der Waals surface area contributed by atoms with Crippen molar-refractivity contribution in [3.63, 3.8) is 0 Å². The average molecular weight is 405 g/mol. The summed E-state index contributed by atoms with van der Waals surface area (Å²) < 4.78 is 69.2. The standard InChI is InChI=1S/C27H30N3/c1-16(2)12-20-8-7-9-24-22(20)10-11-25(29(24)6)23-13-21-14-26-28-17(3)15-30(26)27(21)19(5)18(23)4/h7-11,13,15-16H,12,14H2,1-6H3/q+1/i3D3,5D3,12D2. The summed E-state index contributed by atoms with van der Waals surface area (Å²) in [6.45, 7) is 0.698. The molecule has 0 amide bonds. The summed E-state index contributed by atoms with van der Waals surface area (Å²) in [6, 6.07) is 11.4. The van der Waals surface area contributed by atoms with E-state index in [1.54, 1.807) is 11.5 Å². The van der Waals surface area contributed by atoms with Crippen LogP contribution in [0.5, 0.6) is 0 Å². The van der Waals surface area contributed by atoms with Crippen LogP contribution in [0.15, 0.2) is 42.6 Å². The first kappa shape index (κ1) is 12.0. The van der Waals surface area contributed by atoms with E-state index in [1.807, 2.05) is 61.9 Å². The Labute approximate surface area is 190 Å². The molecule has 0 spiro atoms. The molecule has 2 aromatic heterocycles. The van der Waals surface area contributed by atoms with Gasteiger partial charge in [0.15, 0.2) is 0 Å². The van der Waals surface area contributed by atoms with Gasteiger partial charge in [0.1, 0.15) is 12.9 Å². The summed E-state index contributed by atoms with van der Waals surface area (Å²) in [5.74, 6) is 0.299. The van der Waals surface area contributed by atoms with Gasteiger partial charge in [0.2, 0.25) is 11.2 Å². The third-order valence-electron chi connectivity index (χ3n) is 5.94. The average Bonchev–Trinajstić information content (AvgIpc) is 3.36. The van der Waals surface area contributed by atoms with Crippen molar-refractivity contribution in [3.8, 4) is 16.9 Å². The van der Waals surface area contributed by atoms with E-state index in [9.17, 15) is 0 Å². The van der Waals surface area contributed by atoms with E-state index in [0.29, 0.717) is 29.1 Å². The van der Waals surface area contributed by atoms with Gasteiger partial charge in [0.25, 0.3) is 0 Å². The van der Waals surface area contributed by atoms with E-state index < -0.39 is 20.1 Å². The largest absolute Gasteiger partial charge is 0.303 e. The molecule has 4 aromatic rings. The Morgan fingerprint density at radius 1 is 1.20 bits per heavy atom. The molecule has 0 unspecified atom stereocenters. The number of benzene rings is 2. The molecule has 0 N–H and O–H groups in total. The van der Waals surface area contributed by atoms with E-state index in [4.69, 9.17) is 11.0 Å². The zero-order valence-electron chi connectivity index (χ0n) is 25.7. The van der Waals surface area contributed by atoms with Crippen molar-refractivity contribution in [1.82, 2.24) is 9.55 Å². The molecular formula is C27H30N3+. The molecule has 30 heavy (non-hydrogen) atoms. The maximum Gasteiger partial charge on any atom is 0.213 e. The maximum atomic E-state index is 8.66. The molecule has 0 saturated heterocycles. The minimum atomic E-state index is -2.44. The summed E-state index contributed by atoms with van der Waals surface area (Å²) >= 11 is 0. The van der Waals surface area contributed by atoms with E-state index in [2.05, 4.69) is 4.98 Å². The van der Waals surface area contributed by atoms with Crippen molar-refractivity contribution in [2.75, 3.05) is 0 Å². The lowest BCUT2D eigenvalue weighted by Gasteiger charge is -2.15. The van der Waals surface area contributed by atoms with Crippen molar-refractivity contribution >= 4 is 10.9 Å². The van der Waals surface area contributed by atoms with Crippen molar-refractivity contribution < 1.29 is 15.5 Å². The van der Waals surface area contributed by atoms with Crippen LogP contribution < -0.4 is 4.57 Å². The Kier molecular flexibility index (Phi) is 2.73. The van der Waals surface area contributed by atoms with Crippen LogP contribution in [-0.4, -0.2) is 9.55 Å². The highest BCUT2D eigenvalue weighted by atomic mass is 15.1. The third-order valence-corrected chi connectivity index (χ3v) is 5.94. The van der Waals surface area contributed by atoms with E-state index >= 15 is 0 Å². The Hall–Kier alpha value is -2.94. The lowest BCUT2D eigenvalue weighted by molar-refractivity contribution is -0.633. The highest BCUT2D eigenvalue weighted by Gasteiger charge is 2.27. The van der Waals surface area contributed by atoms with Gasteiger partial charge in [-0.3, -0.25) is 0 Å². The number of fused-ring (bicyclic) bond motifs is 4. The van der Waals surface area contributed by atoms with Gasteiger partial charge in [0.05, 0.1) is 11.4 Å². The maximum absolute atomic E-state index is 8.66. The Bertz CT molecular complexity index is 1590. The molecule has 2 aromatic carbocycles. The molecule has 0 aliphatic carbocycles. The second-order valence-electron chi connectivity index (χ2n) is 8.34. The van der Waals surface area contributed by atoms with Crippen LogP contribution in [0.3, 0.4) is 0 Å². The molecule has 1 aliphatic rings. The quantitative estimate of drug-likeness (QED) is 0.362. The molecule has 0 radical (unpaired) electrons. The summed E-state index contributed by atoms with van der Waals surface area (Å²) in [5, 5.41) is 0.810. The first-order valence-corrected chi connectivity index (χ1v) is 10.2. The second kappa shape index (κ2) is 6.80. The highest BCUT2D eigenvalue weighted by molar-refractivity contribution is 5.82. The molecule has 0 saturated carbocycles. The molecule has 3 heterocycles. The van der Waals surface area contributed by atoms with Crippen LogP contribution in [0, 0.1) is 26.5 Å². The SMILES string of the molecule is [2H]C([2H])([2H])c1cn2c(n1)Cc1cc(-c3ccc4c(C([2H])([2H])C(C)C)cccc4[n+]3C)c(C)c(C([2H])([2H])[2H])c1-2. The zero-order chi connectivity index (χ0) is 27.9. The van der Waals surface area contributed by atoms with Crippen molar-refractivity contribution in [3.05, 3.63) is 76.4 Å². The minimum absolute atomic E-state index is 0.0469. The van der Waals surface area contributed by atoms with Gasteiger partial charge in [-0.15, -0.1) is 0 Å². The predicted molar refractivity (Wildman–Crippen MR) is 123 cm³/mol. The van der Waals surface area contributed by atoms with E-state index in [1.165, 1.54) is 6.20 Å². The summed E-state index contributed by atoms with van der Waals surface area (Å²) in [7, 11) is 1.90. The molecule has 0 atom stereocenters. The van der Waals surface area contributed by atoms with Crippen LogP contribution >= 0.6 is 0 Å². The second-order valence-corrected chi connectivity index (χ2v) is 8.34. The van der Waals surface area contributed by atoms with Crippen molar-refractivity contribution in [1.29, 1.82) is 0 Å². The van der Waals surface area contributed by atoms with E-state index in [-0.39, 0.29) is 17.2 Å². The van der Waals surface area contributed by atoms with Gasteiger partial charge in [0, 0.05) is 46.7 Å². The fourth-order valence-electron chi connectivity index (χ4n) is 4.54. The number of aromatic nitrogens is 3. The number of rotatable bonds is 3. The molecule has 0 bridgehead atoms. The lowest BCUT2D eigenvalue weighted by Crippen LogP contribution is -2.32. The molecule has 1 aliphatic heterocycles. The van der Waals surface area contributed by atoms with Gasteiger partial charge in [-0.1, -0.05) is 26.0 Å². The molecule has 3 heteroatoms. The fraction of sp³-hybridized carbons (Fsp3) is 0.333. The molecule has 0 fully saturated rings. The topological polar surface area (TPSA) is 21.7 Å². The van der Waals surface area contributed by atoms with Crippen LogP contribution in [0.1, 0.15) is 58.6 Å². The normalized spacial score (nSPS) is 17.9. The van der Waals surface area contributed by atoms with Crippen molar-refractivity contribution in [2.24, 2.45) is 13.0 Å². The van der Waals surface area contributed by atoms with Crippen molar-refractivity contribution in [2.45, 2.75) is 47.3 Å². The first-order chi connectivity index (χ1) is 17.5. The fourth-order valence-corrected chi connectivity index (χ4v) is 4.54. The zero-order valence-corrected chi connectivity index (χ0v) is 17.7. The monoisotopic (exact) mass is 404 g/mol. The number of imidazole rings is 1. The molecular weight excluding hydrogens is 366 g/mol. The third kappa shape index (κ3) is 2.79. The van der Waals surface area contributed by atoms with Crippen LogP contribution in [0.2, 0.25) is 0 Å².